The number of hydrogen-bond donors (Lipinski definition) is 1. The summed E-state index contributed by atoms with van der Waals surface area (Å²) in [5.41, 5.74) is 0.902. The number of nitrogens with zero attached hydrogens (tertiary/aromatic N) is 2. The molecule has 0 radical (unpaired) electrons. The summed E-state index contributed by atoms with van der Waals surface area (Å²) in [5.74, 6) is -0.767. The van der Waals surface area contributed by atoms with Crippen molar-refractivity contribution >= 4 is 50.7 Å². The van der Waals surface area contributed by atoms with E-state index in [-0.39, 0.29) is 39.1 Å². The van der Waals surface area contributed by atoms with E-state index < -0.39 is 28.5 Å². The number of sulfonamides is 1. The van der Waals surface area contributed by atoms with Gasteiger partial charge >= 0.3 is 0 Å². The van der Waals surface area contributed by atoms with E-state index in [1.54, 1.807) is 30.3 Å². The van der Waals surface area contributed by atoms with Crippen LogP contribution < -0.4 is 9.62 Å². The van der Waals surface area contributed by atoms with E-state index in [0.29, 0.717) is 6.42 Å². The average Bonchev–Trinajstić information content (AvgIpc) is 2.98. The summed E-state index contributed by atoms with van der Waals surface area (Å²) in [6.07, 6.45) is 5.44. The van der Waals surface area contributed by atoms with Crippen molar-refractivity contribution < 1.29 is 18.0 Å². The van der Waals surface area contributed by atoms with Crippen molar-refractivity contribution in [3.05, 3.63) is 94.5 Å². The Balaban J connectivity index is 1.71. The van der Waals surface area contributed by atoms with Crippen molar-refractivity contribution in [1.29, 1.82) is 0 Å². The Morgan fingerprint density at radius 3 is 2.17 bits per heavy atom. The van der Waals surface area contributed by atoms with E-state index in [2.05, 4.69) is 5.32 Å². The summed E-state index contributed by atoms with van der Waals surface area (Å²) < 4.78 is 28.8. The van der Waals surface area contributed by atoms with Crippen LogP contribution in [-0.2, 0) is 26.2 Å². The van der Waals surface area contributed by atoms with Crippen LogP contribution in [0.5, 0.6) is 0 Å². The van der Waals surface area contributed by atoms with Gasteiger partial charge in [0.25, 0.3) is 10.0 Å². The van der Waals surface area contributed by atoms with E-state index in [1.807, 2.05) is 37.3 Å². The minimum Gasteiger partial charge on any atom is -0.352 e. The monoisotopic (exact) mass is 615 g/mol. The Morgan fingerprint density at radius 1 is 0.902 bits per heavy atom. The first-order valence-corrected chi connectivity index (χ1v) is 16.1. The van der Waals surface area contributed by atoms with Crippen molar-refractivity contribution in [2.24, 2.45) is 0 Å². The lowest BCUT2D eigenvalue weighted by molar-refractivity contribution is -0.140. The van der Waals surface area contributed by atoms with Crippen LogP contribution in [0.2, 0.25) is 10.0 Å². The molecule has 1 fully saturated rings. The van der Waals surface area contributed by atoms with Crippen molar-refractivity contribution in [3.8, 4) is 0 Å². The molecule has 1 unspecified atom stereocenters. The van der Waals surface area contributed by atoms with Crippen LogP contribution >= 0.6 is 23.2 Å². The third kappa shape index (κ3) is 7.61. The molecule has 218 valence electrons. The topological polar surface area (TPSA) is 86.8 Å². The van der Waals surface area contributed by atoms with Gasteiger partial charge in [-0.15, -0.1) is 0 Å². The Bertz CT molecular complexity index is 1430. The van der Waals surface area contributed by atoms with Gasteiger partial charge in [0.05, 0.1) is 20.6 Å². The molecule has 0 bridgehead atoms. The average molecular weight is 617 g/mol. The zero-order chi connectivity index (χ0) is 29.4. The largest absolute Gasteiger partial charge is 0.352 e. The number of rotatable bonds is 11. The number of benzene rings is 3. The lowest BCUT2D eigenvalue weighted by Crippen LogP contribution is -2.54. The van der Waals surface area contributed by atoms with Gasteiger partial charge < -0.3 is 10.2 Å². The second-order valence-corrected chi connectivity index (χ2v) is 12.8. The highest BCUT2D eigenvalue weighted by Crippen LogP contribution is 2.35. The molecule has 1 aliphatic rings. The molecular weight excluding hydrogens is 581 g/mol. The molecule has 1 N–H and O–H groups in total. The fraction of sp³-hybridized carbons (Fsp3) is 0.355. The summed E-state index contributed by atoms with van der Waals surface area (Å²) in [5, 5.41) is 3.31. The van der Waals surface area contributed by atoms with E-state index in [0.717, 1.165) is 42.0 Å². The smallest absolute Gasteiger partial charge is 0.264 e. The van der Waals surface area contributed by atoms with Gasteiger partial charge in [-0.1, -0.05) is 104 Å². The molecule has 3 aromatic rings. The maximum absolute atomic E-state index is 14.2. The van der Waals surface area contributed by atoms with E-state index in [4.69, 9.17) is 23.2 Å². The van der Waals surface area contributed by atoms with Gasteiger partial charge in [-0.05, 0) is 49.1 Å². The number of nitrogens with one attached hydrogen (secondary N) is 1. The molecule has 4 rings (SSSR count). The first-order chi connectivity index (χ1) is 19.7. The Morgan fingerprint density at radius 2 is 1.54 bits per heavy atom. The molecule has 41 heavy (non-hydrogen) atoms. The third-order valence-electron chi connectivity index (χ3n) is 7.34. The first-order valence-electron chi connectivity index (χ1n) is 13.9. The molecule has 7 nitrogen and oxygen atoms in total. The van der Waals surface area contributed by atoms with E-state index in [9.17, 15) is 18.0 Å². The second-order valence-electron chi connectivity index (χ2n) is 10.2. The zero-order valence-corrected chi connectivity index (χ0v) is 25.3. The van der Waals surface area contributed by atoms with Crippen molar-refractivity contribution in [2.45, 2.75) is 69.0 Å². The van der Waals surface area contributed by atoms with Crippen LogP contribution in [0.3, 0.4) is 0 Å². The molecule has 2 amide bonds. The van der Waals surface area contributed by atoms with Crippen LogP contribution in [0, 0.1) is 0 Å². The Hall–Kier alpha value is -3.07. The van der Waals surface area contributed by atoms with E-state index in [1.165, 1.54) is 23.1 Å². The fourth-order valence-corrected chi connectivity index (χ4v) is 7.06. The Labute approximate surface area is 252 Å². The van der Waals surface area contributed by atoms with Gasteiger partial charge in [0, 0.05) is 12.6 Å². The van der Waals surface area contributed by atoms with Gasteiger partial charge in [-0.2, -0.15) is 0 Å². The molecule has 0 aromatic heterocycles. The maximum Gasteiger partial charge on any atom is 0.264 e. The van der Waals surface area contributed by atoms with Gasteiger partial charge in [-0.25, -0.2) is 8.42 Å². The highest BCUT2D eigenvalue weighted by molar-refractivity contribution is 7.92. The molecule has 0 heterocycles. The highest BCUT2D eigenvalue weighted by Gasteiger charge is 2.35. The summed E-state index contributed by atoms with van der Waals surface area (Å²) >= 11 is 12.8. The summed E-state index contributed by atoms with van der Waals surface area (Å²) in [7, 11) is -4.23. The van der Waals surface area contributed by atoms with Crippen LogP contribution in [-0.4, -0.2) is 43.8 Å². The quantitative estimate of drug-likeness (QED) is 0.269. The Kier molecular flexibility index (Phi) is 10.7. The number of anilines is 1. The highest BCUT2D eigenvalue weighted by atomic mass is 35.5. The first kappa shape index (κ1) is 30.9. The molecule has 0 saturated heterocycles. The zero-order valence-electron chi connectivity index (χ0n) is 23.0. The predicted octanol–water partition coefficient (Wildman–Crippen LogP) is 6.45. The minimum absolute atomic E-state index is 0.000495. The number of carbonyl (C=O) groups is 2. The number of hydrogen-bond acceptors (Lipinski definition) is 4. The lowest BCUT2D eigenvalue weighted by Gasteiger charge is -2.34. The third-order valence-corrected chi connectivity index (χ3v) is 9.93. The van der Waals surface area contributed by atoms with Gasteiger partial charge in [0.15, 0.2) is 0 Å². The van der Waals surface area contributed by atoms with Crippen molar-refractivity contribution in [1.82, 2.24) is 10.2 Å². The number of carbonyl (C=O) groups excluding carboxylic acids is 2. The number of amides is 2. The molecule has 1 atom stereocenters. The van der Waals surface area contributed by atoms with Crippen molar-refractivity contribution in [3.63, 3.8) is 0 Å². The molecular formula is C31H35Cl2N3O4S. The minimum atomic E-state index is -4.23. The molecule has 0 spiro atoms. The maximum atomic E-state index is 14.2. The molecule has 10 heteroatoms. The normalized spacial score (nSPS) is 14.7. The second kappa shape index (κ2) is 14.2. The van der Waals surface area contributed by atoms with Crippen LogP contribution in [0.15, 0.2) is 83.8 Å². The SMILES string of the molecule is CCC(C(=O)NC1CCCCC1)N(Cc1ccccc1)C(=O)CN(c1cccc(Cl)c1Cl)S(=O)(=O)c1ccccc1. The standard InChI is InChI=1S/C31H35Cl2N3O4S/c1-2-27(31(38)34-24-15-8-4-9-16-24)35(21-23-13-6-3-7-14-23)29(37)22-36(28-20-12-19-26(32)30(28)33)41(39,40)25-17-10-5-11-18-25/h3,5-7,10-14,17-20,24,27H,2,4,8-9,15-16,21-22H2,1H3,(H,34,38). The van der Waals surface area contributed by atoms with Crippen molar-refractivity contribution in [2.75, 3.05) is 10.8 Å². The lowest BCUT2D eigenvalue weighted by atomic mass is 9.95. The van der Waals surface area contributed by atoms with Gasteiger partial charge in [-0.3, -0.25) is 13.9 Å². The number of halogens is 2. The van der Waals surface area contributed by atoms with Gasteiger partial charge in [0.1, 0.15) is 12.6 Å². The molecule has 3 aromatic carbocycles. The summed E-state index contributed by atoms with van der Waals surface area (Å²) in [4.78, 5) is 29.2. The summed E-state index contributed by atoms with van der Waals surface area (Å²) in [6.45, 7) is 1.42. The summed E-state index contributed by atoms with van der Waals surface area (Å²) in [6, 6.07) is 21.1. The fourth-order valence-electron chi connectivity index (χ4n) is 5.16. The van der Waals surface area contributed by atoms with Crippen LogP contribution in [0.1, 0.15) is 51.0 Å². The van der Waals surface area contributed by atoms with Crippen LogP contribution in [0.4, 0.5) is 5.69 Å². The molecule has 1 saturated carbocycles. The molecule has 1 aliphatic carbocycles. The van der Waals surface area contributed by atoms with Crippen LogP contribution in [0.25, 0.3) is 0 Å². The van der Waals surface area contributed by atoms with Gasteiger partial charge in [0.2, 0.25) is 11.8 Å². The van der Waals surface area contributed by atoms with E-state index >= 15 is 0 Å². The molecule has 0 aliphatic heterocycles. The predicted molar refractivity (Wildman–Crippen MR) is 164 cm³/mol.